The van der Waals surface area contributed by atoms with E-state index in [1.165, 1.54) is 133 Å². The van der Waals surface area contributed by atoms with Gasteiger partial charge in [-0.1, -0.05) is 200 Å². The highest BCUT2D eigenvalue weighted by atomic mass is 15.2. The molecule has 74 heavy (non-hydrogen) atoms. The Bertz CT molecular complexity index is 4200. The average Bonchev–Trinajstić information content (AvgIpc) is 3.47. The molecule has 3 aliphatic rings. The van der Waals surface area contributed by atoms with Crippen LogP contribution >= 0.6 is 0 Å². The van der Waals surface area contributed by atoms with Crippen molar-refractivity contribution in [1.82, 2.24) is 0 Å². The van der Waals surface area contributed by atoms with E-state index >= 15 is 0 Å². The van der Waals surface area contributed by atoms with Gasteiger partial charge in [0.15, 0.2) is 0 Å². The molecule has 0 aromatic heterocycles. The van der Waals surface area contributed by atoms with Crippen LogP contribution in [0.2, 0.25) is 0 Å². The Morgan fingerprint density at radius 2 is 0.716 bits per heavy atom. The van der Waals surface area contributed by atoms with Crippen molar-refractivity contribution < 1.29 is 0 Å². The van der Waals surface area contributed by atoms with E-state index in [0.29, 0.717) is 0 Å². The first-order valence-electron chi connectivity index (χ1n) is 26.1. The van der Waals surface area contributed by atoms with Crippen molar-refractivity contribution in [2.75, 3.05) is 9.80 Å². The van der Waals surface area contributed by atoms with Crippen LogP contribution in [-0.4, -0.2) is 0 Å². The van der Waals surface area contributed by atoms with Crippen LogP contribution < -0.4 is 9.80 Å². The number of aryl methyl sites for hydroxylation is 1. The van der Waals surface area contributed by atoms with E-state index in [1.807, 2.05) is 0 Å². The second-order valence-corrected chi connectivity index (χ2v) is 20.3. The maximum Gasteiger partial charge on any atom is 0.0497 e. The molecule has 2 nitrogen and oxygen atoms in total. The zero-order chi connectivity index (χ0) is 48.7. The molecule has 15 rings (SSSR count). The van der Waals surface area contributed by atoms with Crippen molar-refractivity contribution in [2.24, 2.45) is 0 Å². The lowest BCUT2D eigenvalue weighted by Gasteiger charge is -2.34. The first-order valence-corrected chi connectivity index (χ1v) is 26.1. The van der Waals surface area contributed by atoms with Crippen LogP contribution in [0.15, 0.2) is 249 Å². The molecule has 0 amide bonds. The molecule has 0 atom stereocenters. The molecule has 2 heterocycles. The van der Waals surface area contributed by atoms with E-state index in [-0.39, 0.29) is 0 Å². The number of allylic oxidation sites excluding steroid dienone is 1. The van der Waals surface area contributed by atoms with Crippen LogP contribution in [0.1, 0.15) is 45.4 Å². The summed E-state index contributed by atoms with van der Waals surface area (Å²) in [6.07, 6.45) is 6.25. The predicted octanol–water partition coefficient (Wildman–Crippen LogP) is 19.4. The van der Waals surface area contributed by atoms with Gasteiger partial charge in [-0.15, -0.1) is 0 Å². The van der Waals surface area contributed by atoms with Gasteiger partial charge in [0.2, 0.25) is 0 Å². The normalized spacial score (nSPS) is 13.5. The predicted molar refractivity (Wildman–Crippen MR) is 313 cm³/mol. The number of hydrogen-bond donors (Lipinski definition) is 0. The van der Waals surface area contributed by atoms with Gasteiger partial charge in [0, 0.05) is 47.0 Å². The summed E-state index contributed by atoms with van der Waals surface area (Å²) in [6, 6.07) is 93.4. The third kappa shape index (κ3) is 6.86. The molecule has 12 aromatic rings. The minimum absolute atomic E-state index is 0.904. The van der Waals surface area contributed by atoms with Gasteiger partial charge in [-0.3, -0.25) is 0 Å². The molecule has 0 spiro atoms. The van der Waals surface area contributed by atoms with Crippen molar-refractivity contribution in [3.63, 3.8) is 0 Å². The van der Waals surface area contributed by atoms with Gasteiger partial charge in [0.05, 0.1) is 0 Å². The standard InChI is InChI=1S/C72H50N2/c1-3-19-49-41-51(35-33-47(49)17-1)59-25-9-11-27-61(59)71-63-39-37-58(74-69-31-15-7-23-55(69)44-56-24-8-16-32-70(56)74)46-66(63)72(62-28-12-10-26-60(62)52-36-34-48-18-2-4-20-50(48)42-52)64-40-38-57(45-65(64)71)73-67-29-13-5-21-53(67)43-54-22-6-14-30-68(54)73/h1-33,35,37-42,45-46H,34,36,43-44H2. The third-order valence-electron chi connectivity index (χ3n) is 16.1. The highest BCUT2D eigenvalue weighted by Gasteiger charge is 2.29. The largest absolute Gasteiger partial charge is 0.310 e. The summed E-state index contributed by atoms with van der Waals surface area (Å²) in [7, 11) is 0. The Kier molecular flexibility index (Phi) is 9.88. The molecule has 1 aliphatic carbocycles. The van der Waals surface area contributed by atoms with Crippen LogP contribution in [0.5, 0.6) is 0 Å². The smallest absolute Gasteiger partial charge is 0.0497 e. The molecule has 0 N–H and O–H groups in total. The van der Waals surface area contributed by atoms with Crippen molar-refractivity contribution in [2.45, 2.75) is 25.7 Å². The monoisotopic (exact) mass is 942 g/mol. The molecule has 0 fully saturated rings. The molecule has 0 saturated carbocycles. The number of hydrogen-bond acceptors (Lipinski definition) is 2. The van der Waals surface area contributed by atoms with Crippen molar-refractivity contribution >= 4 is 78.1 Å². The maximum atomic E-state index is 2.51. The molecule has 2 heteroatoms. The Hall–Kier alpha value is -9.24. The molecule has 0 unspecified atom stereocenters. The first-order chi connectivity index (χ1) is 36.7. The highest BCUT2D eigenvalue weighted by molar-refractivity contribution is 6.24. The number of nitrogens with zero attached hydrogens (tertiary/aromatic N) is 2. The number of para-hydroxylation sites is 4. The van der Waals surface area contributed by atoms with E-state index in [9.17, 15) is 0 Å². The molecule has 12 aromatic carbocycles. The summed E-state index contributed by atoms with van der Waals surface area (Å²) in [5.41, 5.74) is 25.3. The second-order valence-electron chi connectivity index (χ2n) is 20.3. The minimum atomic E-state index is 0.904. The Labute approximate surface area is 432 Å². The molecular formula is C72H50N2. The fourth-order valence-electron chi connectivity index (χ4n) is 12.7. The minimum Gasteiger partial charge on any atom is -0.310 e. The summed E-state index contributed by atoms with van der Waals surface area (Å²) in [5.74, 6) is 0. The average molecular weight is 943 g/mol. The molecular weight excluding hydrogens is 893 g/mol. The molecule has 348 valence electrons. The van der Waals surface area contributed by atoms with Gasteiger partial charge in [-0.2, -0.15) is 0 Å². The topological polar surface area (TPSA) is 6.48 Å². The van der Waals surface area contributed by atoms with E-state index in [1.54, 1.807) is 0 Å². The SMILES string of the molecule is C1=C(c2ccccc2-c2c3cc(N4c5ccccc5Cc5ccccc54)ccc3c(-c3ccccc3-c3ccc4ccccc4c3)c3cc(N4c5ccccc5Cc5ccccc54)ccc23)CCc2ccccc21. The van der Waals surface area contributed by atoms with Crippen LogP contribution in [-0.2, 0) is 19.3 Å². The van der Waals surface area contributed by atoms with Crippen LogP contribution in [0.3, 0.4) is 0 Å². The summed E-state index contributed by atoms with van der Waals surface area (Å²) in [5, 5.41) is 7.37. The third-order valence-corrected chi connectivity index (χ3v) is 16.1. The highest BCUT2D eigenvalue weighted by Crippen LogP contribution is 2.53. The summed E-state index contributed by atoms with van der Waals surface area (Å²) in [4.78, 5) is 5.01. The number of benzene rings is 12. The van der Waals surface area contributed by atoms with Gasteiger partial charge < -0.3 is 9.80 Å². The number of anilines is 6. The molecule has 0 saturated heterocycles. The van der Waals surface area contributed by atoms with Crippen LogP contribution in [0, 0.1) is 0 Å². The lowest BCUT2D eigenvalue weighted by atomic mass is 9.80. The second kappa shape index (κ2) is 17.2. The van der Waals surface area contributed by atoms with Gasteiger partial charge in [0.25, 0.3) is 0 Å². The molecule has 0 radical (unpaired) electrons. The molecule has 2 aliphatic heterocycles. The first kappa shape index (κ1) is 42.4. The van der Waals surface area contributed by atoms with Crippen molar-refractivity contribution in [3.05, 3.63) is 288 Å². The summed E-state index contributed by atoms with van der Waals surface area (Å²) >= 11 is 0. The van der Waals surface area contributed by atoms with Crippen LogP contribution in [0.25, 0.3) is 77.3 Å². The van der Waals surface area contributed by atoms with Crippen molar-refractivity contribution in [1.29, 1.82) is 0 Å². The van der Waals surface area contributed by atoms with E-state index in [4.69, 9.17) is 0 Å². The lowest BCUT2D eigenvalue weighted by molar-refractivity contribution is 1.00. The fourth-order valence-corrected chi connectivity index (χ4v) is 12.7. The quantitative estimate of drug-likeness (QED) is 0.153. The van der Waals surface area contributed by atoms with Crippen LogP contribution in [0.4, 0.5) is 34.1 Å². The van der Waals surface area contributed by atoms with Gasteiger partial charge >= 0.3 is 0 Å². The van der Waals surface area contributed by atoms with Crippen molar-refractivity contribution in [3.8, 4) is 33.4 Å². The maximum absolute atomic E-state index is 2.51. The van der Waals surface area contributed by atoms with E-state index in [0.717, 1.165) is 37.1 Å². The van der Waals surface area contributed by atoms with E-state index in [2.05, 4.69) is 265 Å². The van der Waals surface area contributed by atoms with Gasteiger partial charge in [0.1, 0.15) is 0 Å². The summed E-state index contributed by atoms with van der Waals surface area (Å²) in [6.45, 7) is 0. The zero-order valence-corrected chi connectivity index (χ0v) is 41.0. The van der Waals surface area contributed by atoms with Gasteiger partial charge in [-0.05, 0) is 178 Å². The zero-order valence-electron chi connectivity index (χ0n) is 41.0. The van der Waals surface area contributed by atoms with E-state index < -0.39 is 0 Å². The Morgan fingerprint density at radius 1 is 0.284 bits per heavy atom. The van der Waals surface area contributed by atoms with Gasteiger partial charge in [-0.25, -0.2) is 0 Å². The molecule has 0 bridgehead atoms. The summed E-state index contributed by atoms with van der Waals surface area (Å²) < 4.78 is 0. The fraction of sp³-hybridized carbons (Fsp3) is 0.0556. The number of fused-ring (bicyclic) bond motifs is 8. The number of rotatable bonds is 6. The Balaban J connectivity index is 1.07. The lowest BCUT2D eigenvalue weighted by Crippen LogP contribution is -2.18. The Morgan fingerprint density at radius 3 is 1.27 bits per heavy atom.